The van der Waals surface area contributed by atoms with Crippen molar-refractivity contribution in [1.29, 1.82) is 0 Å². The molecule has 1 aliphatic heterocycles. The molecule has 2 aromatic rings. The summed E-state index contributed by atoms with van der Waals surface area (Å²) in [7, 11) is 0. The van der Waals surface area contributed by atoms with Gasteiger partial charge in [-0.3, -0.25) is 0 Å². The lowest BCUT2D eigenvalue weighted by Gasteiger charge is -2.20. The predicted molar refractivity (Wildman–Crippen MR) is 68.7 cm³/mol. The van der Waals surface area contributed by atoms with Gasteiger partial charge in [-0.1, -0.05) is 18.2 Å². The van der Waals surface area contributed by atoms with E-state index in [2.05, 4.69) is 40.0 Å². The zero-order valence-corrected chi connectivity index (χ0v) is 10.1. The van der Waals surface area contributed by atoms with Crippen LogP contribution in [-0.4, -0.2) is 16.1 Å². The summed E-state index contributed by atoms with van der Waals surface area (Å²) in [4.78, 5) is 4.50. The number of fused-ring (bicyclic) bond motifs is 1. The van der Waals surface area contributed by atoms with Crippen LogP contribution < -0.4 is 5.32 Å². The zero-order chi connectivity index (χ0) is 11.7. The average molecular weight is 227 g/mol. The number of nitrogens with zero attached hydrogens (tertiary/aromatic N) is 2. The highest BCUT2D eigenvalue weighted by Gasteiger charge is 2.15. The maximum atomic E-state index is 4.50. The van der Waals surface area contributed by atoms with Crippen LogP contribution >= 0.6 is 0 Å². The number of imidazole rings is 1. The fourth-order valence-electron chi connectivity index (χ4n) is 2.53. The molecule has 3 heteroatoms. The van der Waals surface area contributed by atoms with Crippen molar-refractivity contribution in [2.75, 3.05) is 6.54 Å². The standard InChI is InChI=1S/C14H17N3/c1-2-17-9-8-16-14(17)12-5-3-4-11-6-7-15-10-13(11)12/h3-5,8-9,15H,2,6-7,10H2,1H3. The molecule has 3 rings (SSSR count). The monoisotopic (exact) mass is 227 g/mol. The van der Waals surface area contributed by atoms with Gasteiger partial charge in [0, 0.05) is 31.0 Å². The van der Waals surface area contributed by atoms with E-state index < -0.39 is 0 Å². The molecule has 0 spiro atoms. The van der Waals surface area contributed by atoms with Gasteiger partial charge >= 0.3 is 0 Å². The Morgan fingerprint density at radius 3 is 3.24 bits per heavy atom. The lowest BCUT2D eigenvalue weighted by molar-refractivity contribution is 0.643. The van der Waals surface area contributed by atoms with Gasteiger partial charge in [0.1, 0.15) is 5.82 Å². The van der Waals surface area contributed by atoms with Gasteiger partial charge in [0.25, 0.3) is 0 Å². The lowest BCUT2D eigenvalue weighted by Crippen LogP contribution is -2.24. The predicted octanol–water partition coefficient (Wildman–Crippen LogP) is 2.22. The van der Waals surface area contributed by atoms with Gasteiger partial charge < -0.3 is 9.88 Å². The van der Waals surface area contributed by atoms with Gasteiger partial charge in [0.2, 0.25) is 0 Å². The van der Waals surface area contributed by atoms with Crippen LogP contribution in [-0.2, 0) is 19.5 Å². The second-order valence-electron chi connectivity index (χ2n) is 4.41. The average Bonchev–Trinajstić information content (AvgIpc) is 2.86. The molecule has 2 heterocycles. The zero-order valence-electron chi connectivity index (χ0n) is 10.1. The minimum Gasteiger partial charge on any atom is -0.331 e. The molecule has 88 valence electrons. The third-order valence-corrected chi connectivity index (χ3v) is 3.44. The normalized spacial score (nSPS) is 14.6. The lowest BCUT2D eigenvalue weighted by atomic mass is 9.95. The van der Waals surface area contributed by atoms with Crippen molar-refractivity contribution in [1.82, 2.24) is 14.9 Å². The van der Waals surface area contributed by atoms with Gasteiger partial charge in [0.15, 0.2) is 0 Å². The first-order valence-corrected chi connectivity index (χ1v) is 6.23. The van der Waals surface area contributed by atoms with Crippen LogP contribution in [0.15, 0.2) is 30.6 Å². The van der Waals surface area contributed by atoms with E-state index >= 15 is 0 Å². The summed E-state index contributed by atoms with van der Waals surface area (Å²) in [6, 6.07) is 6.56. The van der Waals surface area contributed by atoms with E-state index in [1.807, 2.05) is 12.4 Å². The van der Waals surface area contributed by atoms with E-state index in [0.29, 0.717) is 0 Å². The highest BCUT2D eigenvalue weighted by molar-refractivity contribution is 5.63. The Morgan fingerprint density at radius 2 is 2.35 bits per heavy atom. The third kappa shape index (κ3) is 1.76. The molecule has 1 aromatic carbocycles. The Balaban J connectivity index is 2.14. The Labute approximate surface area is 101 Å². The maximum absolute atomic E-state index is 4.50. The Bertz CT molecular complexity index is 528. The SMILES string of the molecule is CCn1ccnc1-c1cccc2c1CNCC2. The largest absolute Gasteiger partial charge is 0.331 e. The summed E-state index contributed by atoms with van der Waals surface area (Å²) in [6.45, 7) is 5.16. The van der Waals surface area contributed by atoms with Crippen LogP contribution in [0.25, 0.3) is 11.4 Å². The smallest absolute Gasteiger partial charge is 0.140 e. The molecule has 0 unspecified atom stereocenters. The topological polar surface area (TPSA) is 29.9 Å². The molecule has 1 aromatic heterocycles. The Morgan fingerprint density at radius 1 is 1.41 bits per heavy atom. The van der Waals surface area contributed by atoms with E-state index in [9.17, 15) is 0 Å². The van der Waals surface area contributed by atoms with Crippen molar-refractivity contribution in [2.24, 2.45) is 0 Å². The van der Waals surface area contributed by atoms with Gasteiger partial charge in [-0.25, -0.2) is 4.98 Å². The number of nitrogens with one attached hydrogen (secondary N) is 1. The summed E-state index contributed by atoms with van der Waals surface area (Å²) >= 11 is 0. The van der Waals surface area contributed by atoms with Crippen LogP contribution in [0, 0.1) is 0 Å². The second-order valence-corrected chi connectivity index (χ2v) is 4.41. The van der Waals surface area contributed by atoms with E-state index in [1.165, 1.54) is 16.7 Å². The number of rotatable bonds is 2. The molecular formula is C14H17N3. The van der Waals surface area contributed by atoms with Crippen molar-refractivity contribution < 1.29 is 0 Å². The first kappa shape index (κ1) is 10.5. The summed E-state index contributed by atoms with van der Waals surface area (Å²) in [5.74, 6) is 1.09. The Kier molecular flexibility index (Phi) is 2.69. The number of hydrogen-bond acceptors (Lipinski definition) is 2. The molecule has 0 amide bonds. The van der Waals surface area contributed by atoms with Crippen molar-refractivity contribution in [3.63, 3.8) is 0 Å². The first-order valence-electron chi connectivity index (χ1n) is 6.23. The molecule has 0 fully saturated rings. The quantitative estimate of drug-likeness (QED) is 0.852. The third-order valence-electron chi connectivity index (χ3n) is 3.44. The second kappa shape index (κ2) is 4.34. The molecule has 0 bridgehead atoms. The number of benzene rings is 1. The van der Waals surface area contributed by atoms with E-state index in [-0.39, 0.29) is 0 Å². The number of aromatic nitrogens is 2. The van der Waals surface area contributed by atoms with Gasteiger partial charge in [0.05, 0.1) is 0 Å². The van der Waals surface area contributed by atoms with Crippen LogP contribution in [0.2, 0.25) is 0 Å². The minimum absolute atomic E-state index is 0.960. The van der Waals surface area contributed by atoms with Gasteiger partial charge in [-0.2, -0.15) is 0 Å². The first-order chi connectivity index (χ1) is 8.40. The minimum atomic E-state index is 0.960. The summed E-state index contributed by atoms with van der Waals surface area (Å²) < 4.78 is 2.20. The molecule has 1 aliphatic rings. The summed E-state index contributed by atoms with van der Waals surface area (Å²) in [6.07, 6.45) is 5.05. The molecule has 17 heavy (non-hydrogen) atoms. The molecule has 0 saturated heterocycles. The molecule has 0 atom stereocenters. The molecule has 1 N–H and O–H groups in total. The number of hydrogen-bond donors (Lipinski definition) is 1. The number of aryl methyl sites for hydroxylation is 1. The van der Waals surface area contributed by atoms with E-state index in [4.69, 9.17) is 0 Å². The molecule has 0 radical (unpaired) electrons. The van der Waals surface area contributed by atoms with Crippen LogP contribution in [0.4, 0.5) is 0 Å². The van der Waals surface area contributed by atoms with Crippen LogP contribution in [0.1, 0.15) is 18.1 Å². The summed E-state index contributed by atoms with van der Waals surface area (Å²) in [5.41, 5.74) is 4.16. The van der Waals surface area contributed by atoms with Gasteiger partial charge in [-0.05, 0) is 31.0 Å². The fraction of sp³-hybridized carbons (Fsp3) is 0.357. The Hall–Kier alpha value is -1.61. The van der Waals surface area contributed by atoms with Crippen LogP contribution in [0.3, 0.4) is 0 Å². The van der Waals surface area contributed by atoms with E-state index in [1.54, 1.807) is 0 Å². The molecule has 0 aliphatic carbocycles. The maximum Gasteiger partial charge on any atom is 0.140 e. The van der Waals surface area contributed by atoms with Crippen molar-refractivity contribution in [3.05, 3.63) is 41.7 Å². The fourth-order valence-corrected chi connectivity index (χ4v) is 2.53. The highest BCUT2D eigenvalue weighted by Crippen LogP contribution is 2.27. The van der Waals surface area contributed by atoms with Crippen molar-refractivity contribution in [3.8, 4) is 11.4 Å². The van der Waals surface area contributed by atoms with Crippen molar-refractivity contribution in [2.45, 2.75) is 26.4 Å². The van der Waals surface area contributed by atoms with E-state index in [0.717, 1.165) is 31.9 Å². The van der Waals surface area contributed by atoms with Crippen LogP contribution in [0.5, 0.6) is 0 Å². The molecular weight excluding hydrogens is 210 g/mol. The van der Waals surface area contributed by atoms with Gasteiger partial charge in [-0.15, -0.1) is 0 Å². The highest BCUT2D eigenvalue weighted by atomic mass is 15.1. The molecule has 0 saturated carbocycles. The summed E-state index contributed by atoms with van der Waals surface area (Å²) in [5, 5.41) is 3.44. The van der Waals surface area contributed by atoms with Crippen molar-refractivity contribution >= 4 is 0 Å². The molecule has 3 nitrogen and oxygen atoms in total.